The highest BCUT2D eigenvalue weighted by Gasteiger charge is 1.97. The Morgan fingerprint density at radius 1 is 1.50 bits per heavy atom. The van der Waals surface area contributed by atoms with Crippen molar-refractivity contribution in [2.75, 3.05) is 0 Å². The summed E-state index contributed by atoms with van der Waals surface area (Å²) >= 11 is 3.37. The standard InChI is InChI=1S/C6H8BrN.C2H6/c1-5-2-3-6(7)8-4-5;1-2/h2-4,6,8H,1H3;1-2H3. The summed E-state index contributed by atoms with van der Waals surface area (Å²) in [5, 5.41) is 3.10. The summed E-state index contributed by atoms with van der Waals surface area (Å²) in [5.41, 5.74) is 1.26. The molecule has 1 nitrogen and oxygen atoms in total. The zero-order chi connectivity index (χ0) is 7.98. The second-order valence-corrected chi connectivity index (χ2v) is 2.80. The van der Waals surface area contributed by atoms with Crippen LogP contribution >= 0.6 is 15.9 Å². The third-order valence-corrected chi connectivity index (χ3v) is 1.57. The SMILES string of the molecule is CC.CC1=CNC(Br)C=C1. The second-order valence-electron chi connectivity index (χ2n) is 1.82. The molecular weight excluding hydrogens is 190 g/mol. The normalized spacial score (nSPS) is 22.0. The molecule has 2 heteroatoms. The summed E-state index contributed by atoms with van der Waals surface area (Å²) in [5.74, 6) is 0. The Morgan fingerprint density at radius 3 is 2.40 bits per heavy atom. The average Bonchev–Trinajstić information content (AvgIpc) is 2.00. The molecule has 0 spiro atoms. The Morgan fingerprint density at radius 2 is 2.10 bits per heavy atom. The van der Waals surface area contributed by atoms with Crippen LogP contribution in [0.15, 0.2) is 23.9 Å². The summed E-state index contributed by atoms with van der Waals surface area (Å²) in [7, 11) is 0. The van der Waals surface area contributed by atoms with Gasteiger partial charge in [0.05, 0.1) is 0 Å². The topological polar surface area (TPSA) is 12.0 Å². The largest absolute Gasteiger partial charge is 0.375 e. The van der Waals surface area contributed by atoms with Crippen molar-refractivity contribution in [2.24, 2.45) is 0 Å². The summed E-state index contributed by atoms with van der Waals surface area (Å²) < 4.78 is 0. The van der Waals surface area contributed by atoms with Gasteiger partial charge in [0.15, 0.2) is 0 Å². The third-order valence-electron chi connectivity index (χ3n) is 0.998. The van der Waals surface area contributed by atoms with E-state index >= 15 is 0 Å². The number of hydrogen-bond acceptors (Lipinski definition) is 1. The lowest BCUT2D eigenvalue weighted by Crippen LogP contribution is -2.16. The zero-order valence-electron chi connectivity index (χ0n) is 6.69. The summed E-state index contributed by atoms with van der Waals surface area (Å²) in [4.78, 5) is 0.325. The van der Waals surface area contributed by atoms with E-state index in [1.165, 1.54) is 5.57 Å². The van der Waals surface area contributed by atoms with Crippen LogP contribution in [0.3, 0.4) is 0 Å². The Kier molecular flexibility index (Phi) is 5.40. The predicted octanol–water partition coefficient (Wildman–Crippen LogP) is 2.80. The summed E-state index contributed by atoms with van der Waals surface area (Å²) in [6.45, 7) is 6.06. The predicted molar refractivity (Wildman–Crippen MR) is 50.1 cm³/mol. The lowest BCUT2D eigenvalue weighted by atomic mass is 10.2. The zero-order valence-corrected chi connectivity index (χ0v) is 8.27. The number of alkyl halides is 1. The van der Waals surface area contributed by atoms with Gasteiger partial charge in [-0.3, -0.25) is 0 Å². The molecule has 1 aliphatic rings. The van der Waals surface area contributed by atoms with Crippen molar-refractivity contribution < 1.29 is 0 Å². The molecule has 0 aromatic heterocycles. The van der Waals surface area contributed by atoms with Gasteiger partial charge >= 0.3 is 0 Å². The van der Waals surface area contributed by atoms with Crippen LogP contribution in [0.1, 0.15) is 20.8 Å². The van der Waals surface area contributed by atoms with Gasteiger partial charge in [0, 0.05) is 6.20 Å². The maximum atomic E-state index is 3.37. The molecule has 0 amide bonds. The van der Waals surface area contributed by atoms with Crippen LogP contribution in [-0.4, -0.2) is 4.95 Å². The smallest absolute Gasteiger partial charge is 0.100 e. The molecule has 0 saturated carbocycles. The lowest BCUT2D eigenvalue weighted by Gasteiger charge is -2.09. The van der Waals surface area contributed by atoms with Crippen molar-refractivity contribution in [3.05, 3.63) is 23.9 Å². The maximum Gasteiger partial charge on any atom is 0.100 e. The molecule has 0 saturated heterocycles. The first-order valence-electron chi connectivity index (χ1n) is 3.54. The highest BCUT2D eigenvalue weighted by Crippen LogP contribution is 2.05. The Labute approximate surface area is 71.3 Å². The molecule has 1 heterocycles. The van der Waals surface area contributed by atoms with Crippen molar-refractivity contribution in [3.63, 3.8) is 0 Å². The van der Waals surface area contributed by atoms with Crippen LogP contribution in [0.25, 0.3) is 0 Å². The van der Waals surface area contributed by atoms with E-state index in [1.54, 1.807) is 0 Å². The molecule has 1 atom stereocenters. The van der Waals surface area contributed by atoms with Gasteiger partial charge in [-0.15, -0.1) is 0 Å². The van der Waals surface area contributed by atoms with Gasteiger partial charge in [-0.05, 0) is 12.5 Å². The van der Waals surface area contributed by atoms with Gasteiger partial charge in [-0.1, -0.05) is 41.9 Å². The number of nitrogens with one attached hydrogen (secondary N) is 1. The van der Waals surface area contributed by atoms with Gasteiger partial charge in [-0.2, -0.15) is 0 Å². The molecule has 1 rings (SSSR count). The first kappa shape index (κ1) is 9.76. The van der Waals surface area contributed by atoms with E-state index in [4.69, 9.17) is 0 Å². The van der Waals surface area contributed by atoms with Gasteiger partial charge in [0.25, 0.3) is 0 Å². The number of dihydropyridines is 1. The minimum atomic E-state index is 0.325. The van der Waals surface area contributed by atoms with E-state index in [1.807, 2.05) is 20.0 Å². The average molecular weight is 204 g/mol. The second kappa shape index (κ2) is 5.54. The van der Waals surface area contributed by atoms with Crippen molar-refractivity contribution in [1.82, 2.24) is 5.32 Å². The fraction of sp³-hybridized carbons (Fsp3) is 0.500. The highest BCUT2D eigenvalue weighted by molar-refractivity contribution is 9.09. The van der Waals surface area contributed by atoms with Crippen molar-refractivity contribution in [1.29, 1.82) is 0 Å². The Bertz CT molecular complexity index is 138. The molecule has 10 heavy (non-hydrogen) atoms. The van der Waals surface area contributed by atoms with E-state index in [9.17, 15) is 0 Å². The molecule has 1 N–H and O–H groups in total. The number of hydrogen-bond donors (Lipinski definition) is 1. The summed E-state index contributed by atoms with van der Waals surface area (Å²) in [6, 6.07) is 0. The van der Waals surface area contributed by atoms with Crippen LogP contribution in [0.2, 0.25) is 0 Å². The fourth-order valence-electron chi connectivity index (χ4n) is 0.551. The molecule has 1 aliphatic heterocycles. The van der Waals surface area contributed by atoms with Gasteiger partial charge in [-0.25, -0.2) is 0 Å². The monoisotopic (exact) mass is 203 g/mol. The van der Waals surface area contributed by atoms with Crippen LogP contribution in [-0.2, 0) is 0 Å². The van der Waals surface area contributed by atoms with Crippen LogP contribution in [0, 0.1) is 0 Å². The van der Waals surface area contributed by atoms with Gasteiger partial charge in [0.2, 0.25) is 0 Å². The quantitative estimate of drug-likeness (QED) is 0.472. The van der Waals surface area contributed by atoms with Gasteiger partial charge < -0.3 is 5.32 Å². The minimum absolute atomic E-state index is 0.325. The van der Waals surface area contributed by atoms with Crippen LogP contribution in [0.5, 0.6) is 0 Å². The molecule has 1 unspecified atom stereocenters. The number of rotatable bonds is 0. The third kappa shape index (κ3) is 3.72. The van der Waals surface area contributed by atoms with Crippen molar-refractivity contribution in [2.45, 2.75) is 25.7 Å². The van der Waals surface area contributed by atoms with E-state index in [0.29, 0.717) is 4.95 Å². The first-order valence-corrected chi connectivity index (χ1v) is 4.46. The number of halogens is 1. The maximum absolute atomic E-state index is 3.37. The molecule has 0 bridgehead atoms. The molecule has 0 aromatic rings. The van der Waals surface area contributed by atoms with Crippen LogP contribution in [0.4, 0.5) is 0 Å². The fourth-order valence-corrected chi connectivity index (χ4v) is 0.836. The first-order chi connectivity index (χ1) is 4.79. The molecule has 0 fully saturated rings. The van der Waals surface area contributed by atoms with Crippen molar-refractivity contribution in [3.8, 4) is 0 Å². The van der Waals surface area contributed by atoms with E-state index in [-0.39, 0.29) is 0 Å². The highest BCUT2D eigenvalue weighted by atomic mass is 79.9. The Hall–Kier alpha value is -0.240. The van der Waals surface area contributed by atoms with Crippen LogP contribution < -0.4 is 5.32 Å². The number of allylic oxidation sites excluding steroid dienone is 2. The van der Waals surface area contributed by atoms with E-state index in [0.717, 1.165) is 0 Å². The molecule has 0 aromatic carbocycles. The van der Waals surface area contributed by atoms with E-state index < -0.39 is 0 Å². The molecule has 58 valence electrons. The van der Waals surface area contributed by atoms with Crippen molar-refractivity contribution >= 4 is 15.9 Å². The van der Waals surface area contributed by atoms with Gasteiger partial charge in [0.1, 0.15) is 4.95 Å². The Balaban J connectivity index is 0.000000371. The summed E-state index contributed by atoms with van der Waals surface area (Å²) in [6.07, 6.45) is 6.13. The molecule has 0 radical (unpaired) electrons. The molecule has 0 aliphatic carbocycles. The molecular formula is C8H14BrN. The van der Waals surface area contributed by atoms with E-state index in [2.05, 4.69) is 40.3 Å². The minimum Gasteiger partial charge on any atom is -0.375 e. The lowest BCUT2D eigenvalue weighted by molar-refractivity contribution is 0.912.